The van der Waals surface area contributed by atoms with Crippen molar-refractivity contribution in [3.8, 4) is 0 Å². The summed E-state index contributed by atoms with van der Waals surface area (Å²) in [7, 11) is 1.70. The van der Waals surface area contributed by atoms with E-state index in [1.165, 1.54) is 0 Å². The zero-order valence-electron chi connectivity index (χ0n) is 11.3. The Morgan fingerprint density at radius 1 is 1.47 bits per heavy atom. The second-order valence-corrected chi connectivity index (χ2v) is 4.82. The topological polar surface area (TPSA) is 69.2 Å². The van der Waals surface area contributed by atoms with E-state index in [9.17, 15) is 9.90 Å². The largest absolute Gasteiger partial charge is 0.392 e. The van der Waals surface area contributed by atoms with Crippen LogP contribution in [0.4, 0.5) is 0 Å². The van der Waals surface area contributed by atoms with Gasteiger partial charge in [0.15, 0.2) is 0 Å². The lowest BCUT2D eigenvalue weighted by molar-refractivity contribution is -0.131. The maximum atomic E-state index is 11.8. The van der Waals surface area contributed by atoms with Crippen molar-refractivity contribution in [3.63, 3.8) is 0 Å². The number of carbonyl (C=O) groups is 1. The van der Waals surface area contributed by atoms with Gasteiger partial charge >= 0.3 is 0 Å². The fourth-order valence-electron chi connectivity index (χ4n) is 2.04. The molecule has 0 saturated heterocycles. The van der Waals surface area contributed by atoms with E-state index in [0.717, 1.165) is 16.9 Å². The van der Waals surface area contributed by atoms with E-state index in [-0.39, 0.29) is 5.91 Å². The van der Waals surface area contributed by atoms with Crippen LogP contribution in [-0.4, -0.2) is 45.6 Å². The number of para-hydroxylation sites is 2. The highest BCUT2D eigenvalue weighted by Crippen LogP contribution is 2.11. The lowest BCUT2D eigenvalue weighted by Gasteiger charge is -2.18. The number of likely N-dealkylation sites (N-methyl/N-ethyl adjacent to an activating group) is 1. The number of nitrogens with one attached hydrogen (secondary N) is 1. The highest BCUT2D eigenvalue weighted by molar-refractivity contribution is 5.77. The van der Waals surface area contributed by atoms with E-state index in [1.54, 1.807) is 18.9 Å². The highest BCUT2D eigenvalue weighted by Gasteiger charge is 2.12. The molecule has 1 aromatic heterocycles. The highest BCUT2D eigenvalue weighted by atomic mass is 16.3. The van der Waals surface area contributed by atoms with Crippen molar-refractivity contribution in [2.24, 2.45) is 0 Å². The normalized spacial score (nSPS) is 12.6. The molecular weight excluding hydrogens is 242 g/mol. The van der Waals surface area contributed by atoms with Gasteiger partial charge in [0.05, 0.1) is 17.1 Å². The number of aliphatic hydroxyl groups is 1. The Morgan fingerprint density at radius 3 is 2.89 bits per heavy atom. The predicted octanol–water partition coefficient (Wildman–Crippen LogP) is 1.33. The Morgan fingerprint density at radius 2 is 2.21 bits per heavy atom. The molecule has 2 aromatic rings. The van der Waals surface area contributed by atoms with E-state index in [0.29, 0.717) is 19.4 Å². The number of imidazole rings is 1. The molecule has 0 saturated carbocycles. The number of aromatic amines is 1. The number of hydrogen-bond donors (Lipinski definition) is 2. The number of aliphatic hydroxyl groups excluding tert-OH is 1. The lowest BCUT2D eigenvalue weighted by Crippen LogP contribution is -2.33. The molecule has 2 N–H and O–H groups in total. The van der Waals surface area contributed by atoms with Gasteiger partial charge in [0.25, 0.3) is 0 Å². The number of hydrogen-bond acceptors (Lipinski definition) is 3. The van der Waals surface area contributed by atoms with Gasteiger partial charge in [-0.2, -0.15) is 0 Å². The van der Waals surface area contributed by atoms with Crippen LogP contribution in [0.15, 0.2) is 24.3 Å². The van der Waals surface area contributed by atoms with E-state index < -0.39 is 6.10 Å². The van der Waals surface area contributed by atoms with Crippen LogP contribution < -0.4 is 0 Å². The molecule has 1 heterocycles. The third-order valence-electron chi connectivity index (χ3n) is 2.98. The molecule has 2 rings (SSSR count). The van der Waals surface area contributed by atoms with Crippen molar-refractivity contribution in [2.75, 3.05) is 13.6 Å². The van der Waals surface area contributed by atoms with Gasteiger partial charge in [-0.3, -0.25) is 4.79 Å². The summed E-state index contributed by atoms with van der Waals surface area (Å²) in [4.78, 5) is 21.0. The van der Waals surface area contributed by atoms with Gasteiger partial charge in [-0.25, -0.2) is 4.98 Å². The molecule has 0 spiro atoms. The Balaban J connectivity index is 1.93. The minimum Gasteiger partial charge on any atom is -0.392 e. The molecule has 0 fully saturated rings. The van der Waals surface area contributed by atoms with Crippen LogP contribution >= 0.6 is 0 Å². The average molecular weight is 261 g/mol. The van der Waals surface area contributed by atoms with Crippen molar-refractivity contribution >= 4 is 16.9 Å². The van der Waals surface area contributed by atoms with E-state index >= 15 is 0 Å². The Bertz CT molecular complexity index is 530. The van der Waals surface area contributed by atoms with Crippen molar-refractivity contribution in [1.29, 1.82) is 0 Å². The van der Waals surface area contributed by atoms with Crippen LogP contribution in [0.1, 0.15) is 19.2 Å². The molecule has 5 nitrogen and oxygen atoms in total. The summed E-state index contributed by atoms with van der Waals surface area (Å²) < 4.78 is 0. The number of fused-ring (bicyclic) bond motifs is 1. The van der Waals surface area contributed by atoms with E-state index in [2.05, 4.69) is 9.97 Å². The number of benzene rings is 1. The molecule has 19 heavy (non-hydrogen) atoms. The zero-order valence-corrected chi connectivity index (χ0v) is 11.3. The minimum atomic E-state index is -0.500. The van der Waals surface area contributed by atoms with Crippen LogP contribution in [0.2, 0.25) is 0 Å². The summed E-state index contributed by atoms with van der Waals surface area (Å²) >= 11 is 0. The first kappa shape index (κ1) is 13.5. The average Bonchev–Trinajstić information content (AvgIpc) is 2.77. The number of amides is 1. The molecule has 102 valence electrons. The van der Waals surface area contributed by atoms with Gasteiger partial charge in [0, 0.05) is 26.4 Å². The molecule has 1 amide bonds. The van der Waals surface area contributed by atoms with Crippen LogP contribution in [0, 0.1) is 0 Å². The van der Waals surface area contributed by atoms with Crippen molar-refractivity contribution in [2.45, 2.75) is 25.9 Å². The standard InChI is InChI=1S/C14H19N3O2/c1-10(18)9-17(2)14(19)8-7-13-15-11-5-3-4-6-12(11)16-13/h3-6,10,18H,7-9H2,1-2H3,(H,15,16). The van der Waals surface area contributed by atoms with E-state index in [1.807, 2.05) is 24.3 Å². The van der Waals surface area contributed by atoms with Crippen LogP contribution in [0.25, 0.3) is 11.0 Å². The summed E-state index contributed by atoms with van der Waals surface area (Å²) in [5.74, 6) is 0.835. The Labute approximate surface area is 112 Å². The summed E-state index contributed by atoms with van der Waals surface area (Å²) in [6.07, 6.45) is 0.473. The molecule has 0 bridgehead atoms. The first-order valence-corrected chi connectivity index (χ1v) is 6.42. The molecule has 0 radical (unpaired) electrons. The quantitative estimate of drug-likeness (QED) is 0.853. The van der Waals surface area contributed by atoms with Crippen molar-refractivity contribution in [1.82, 2.24) is 14.9 Å². The van der Waals surface area contributed by atoms with Gasteiger partial charge in [0.2, 0.25) is 5.91 Å². The van der Waals surface area contributed by atoms with Gasteiger partial charge in [0.1, 0.15) is 5.82 Å². The fraction of sp³-hybridized carbons (Fsp3) is 0.429. The summed E-state index contributed by atoms with van der Waals surface area (Å²) in [6.45, 7) is 2.03. The molecule has 1 unspecified atom stereocenters. The first-order valence-electron chi connectivity index (χ1n) is 6.42. The molecule has 5 heteroatoms. The number of aryl methyl sites for hydroxylation is 1. The fourth-order valence-corrected chi connectivity index (χ4v) is 2.04. The smallest absolute Gasteiger partial charge is 0.222 e. The molecule has 1 atom stereocenters. The lowest BCUT2D eigenvalue weighted by atomic mass is 10.2. The van der Waals surface area contributed by atoms with Gasteiger partial charge in [-0.1, -0.05) is 12.1 Å². The third-order valence-corrected chi connectivity index (χ3v) is 2.98. The number of carbonyl (C=O) groups excluding carboxylic acids is 1. The van der Waals surface area contributed by atoms with Crippen LogP contribution in [0.3, 0.4) is 0 Å². The predicted molar refractivity (Wildman–Crippen MR) is 73.7 cm³/mol. The number of rotatable bonds is 5. The van der Waals surface area contributed by atoms with Crippen LogP contribution in [0.5, 0.6) is 0 Å². The summed E-state index contributed by atoms with van der Waals surface area (Å²) in [5.41, 5.74) is 1.91. The monoisotopic (exact) mass is 261 g/mol. The second-order valence-electron chi connectivity index (χ2n) is 4.82. The number of H-pyrrole nitrogens is 1. The Hall–Kier alpha value is -1.88. The zero-order chi connectivity index (χ0) is 13.8. The van der Waals surface area contributed by atoms with Crippen molar-refractivity contribution in [3.05, 3.63) is 30.1 Å². The summed E-state index contributed by atoms with van der Waals surface area (Å²) in [5, 5.41) is 9.24. The Kier molecular flexibility index (Phi) is 4.16. The maximum absolute atomic E-state index is 11.8. The van der Waals surface area contributed by atoms with E-state index in [4.69, 9.17) is 0 Å². The van der Waals surface area contributed by atoms with Crippen molar-refractivity contribution < 1.29 is 9.90 Å². The SMILES string of the molecule is CC(O)CN(C)C(=O)CCc1nc2ccccc2[nH]1. The van der Waals surface area contributed by atoms with Gasteiger partial charge in [-0.05, 0) is 19.1 Å². The third kappa shape index (κ3) is 3.54. The number of nitrogens with zero attached hydrogens (tertiary/aromatic N) is 2. The first-order chi connectivity index (χ1) is 9.06. The molecule has 0 aliphatic heterocycles. The molecule has 0 aliphatic carbocycles. The molecular formula is C14H19N3O2. The van der Waals surface area contributed by atoms with Crippen LogP contribution in [-0.2, 0) is 11.2 Å². The molecule has 0 aliphatic rings. The van der Waals surface area contributed by atoms with Gasteiger partial charge < -0.3 is 15.0 Å². The summed E-state index contributed by atoms with van der Waals surface area (Å²) in [6, 6.07) is 7.80. The minimum absolute atomic E-state index is 0.0151. The molecule has 1 aromatic carbocycles. The maximum Gasteiger partial charge on any atom is 0.222 e. The number of aromatic nitrogens is 2. The van der Waals surface area contributed by atoms with Gasteiger partial charge in [-0.15, -0.1) is 0 Å². The second kappa shape index (κ2) is 5.84.